The molecule has 0 aromatic heterocycles. The zero-order valence-corrected chi connectivity index (χ0v) is 14.1. The molecule has 6 heteroatoms. The van der Waals surface area contributed by atoms with Crippen molar-refractivity contribution in [2.24, 2.45) is 0 Å². The molecule has 0 saturated carbocycles. The molecule has 0 unspecified atom stereocenters. The summed E-state index contributed by atoms with van der Waals surface area (Å²) in [5, 5.41) is 27.8. The molecule has 0 saturated heterocycles. The highest BCUT2D eigenvalue weighted by atomic mass is 127. The average molecular weight is 546 g/mol. The topological polar surface area (TPSA) is 60.7 Å². The fraction of sp³-hybridized carbons (Fsp3) is 0.333. The van der Waals surface area contributed by atoms with Crippen molar-refractivity contribution in [2.45, 2.75) is 19.8 Å². The minimum atomic E-state index is -0.0759. The lowest BCUT2D eigenvalue weighted by Gasteiger charge is -2.16. The summed E-state index contributed by atoms with van der Waals surface area (Å²) in [7, 11) is 0. The fourth-order valence-electron chi connectivity index (χ4n) is 1.25. The summed E-state index contributed by atoms with van der Waals surface area (Å²) in [6.07, 6.45) is 0. The number of rotatable bonds is 3. The van der Waals surface area contributed by atoms with Crippen molar-refractivity contribution in [3.63, 3.8) is 0 Å². The lowest BCUT2D eigenvalue weighted by molar-refractivity contribution is 0.265. The van der Waals surface area contributed by atoms with Crippen LogP contribution < -0.4 is 0 Å². The van der Waals surface area contributed by atoms with Crippen LogP contribution in [0.5, 0.6) is 0 Å². The summed E-state index contributed by atoms with van der Waals surface area (Å²) < 4.78 is 2.64. The van der Waals surface area contributed by atoms with Gasteiger partial charge in [0.05, 0.1) is 19.8 Å². The van der Waals surface area contributed by atoms with Gasteiger partial charge in [-0.2, -0.15) is 0 Å². The smallest absolute Gasteiger partial charge is 0.0702 e. The van der Waals surface area contributed by atoms with Crippen molar-refractivity contribution in [1.82, 2.24) is 0 Å². The lowest BCUT2D eigenvalue weighted by atomic mass is 10.1. The fourth-order valence-corrected chi connectivity index (χ4v) is 5.44. The first kappa shape index (κ1) is 14.4. The largest absolute Gasteiger partial charge is 0.392 e. The minimum Gasteiger partial charge on any atom is -0.392 e. The molecule has 1 aromatic rings. The van der Waals surface area contributed by atoms with E-state index in [2.05, 4.69) is 67.8 Å². The summed E-state index contributed by atoms with van der Waals surface area (Å²) in [6.45, 7) is -0.228. The van der Waals surface area contributed by atoms with Crippen LogP contribution in [0, 0.1) is 10.7 Å². The van der Waals surface area contributed by atoms with Gasteiger partial charge in [-0.25, -0.2) is 0 Å². The first-order valence-corrected chi connectivity index (χ1v) is 7.31. The Morgan fingerprint density at radius 1 is 0.600 bits per heavy atom. The van der Waals surface area contributed by atoms with Crippen molar-refractivity contribution in [3.05, 3.63) is 27.4 Å². The first-order chi connectivity index (χ1) is 7.08. The van der Waals surface area contributed by atoms with Crippen LogP contribution in [0.1, 0.15) is 16.7 Å². The van der Waals surface area contributed by atoms with E-state index in [9.17, 15) is 15.3 Å². The van der Waals surface area contributed by atoms with Gasteiger partial charge in [-0.1, -0.05) is 0 Å². The molecule has 0 amide bonds. The van der Waals surface area contributed by atoms with Crippen LogP contribution in [0.25, 0.3) is 0 Å². The van der Waals surface area contributed by atoms with Gasteiger partial charge in [0.2, 0.25) is 0 Å². The van der Waals surface area contributed by atoms with Gasteiger partial charge < -0.3 is 15.3 Å². The quantitative estimate of drug-likeness (QED) is 0.509. The summed E-state index contributed by atoms with van der Waals surface area (Å²) in [4.78, 5) is 0. The van der Waals surface area contributed by atoms with Crippen LogP contribution in [0.3, 0.4) is 0 Å². The molecule has 0 spiro atoms. The molecule has 84 valence electrons. The molecule has 0 aliphatic carbocycles. The van der Waals surface area contributed by atoms with Crippen molar-refractivity contribution in [1.29, 1.82) is 0 Å². The number of aliphatic hydroxyl groups is 3. The van der Waals surface area contributed by atoms with Crippen molar-refractivity contribution >= 4 is 67.8 Å². The van der Waals surface area contributed by atoms with Crippen molar-refractivity contribution in [2.75, 3.05) is 0 Å². The molecule has 3 N–H and O–H groups in total. The maximum atomic E-state index is 9.25. The molecule has 1 rings (SSSR count). The van der Waals surface area contributed by atoms with E-state index < -0.39 is 0 Å². The van der Waals surface area contributed by atoms with E-state index >= 15 is 0 Å². The molecule has 0 radical (unpaired) electrons. The zero-order valence-electron chi connectivity index (χ0n) is 7.60. The minimum absolute atomic E-state index is 0.0759. The Morgan fingerprint density at radius 2 is 0.800 bits per heavy atom. The predicted octanol–water partition coefficient (Wildman–Crippen LogP) is 1.98. The highest BCUT2D eigenvalue weighted by molar-refractivity contribution is 14.1. The third-order valence-electron chi connectivity index (χ3n) is 2.06. The van der Waals surface area contributed by atoms with E-state index in [-0.39, 0.29) is 19.8 Å². The van der Waals surface area contributed by atoms with E-state index in [0.717, 1.165) is 27.4 Å². The Labute approximate surface area is 129 Å². The molecule has 15 heavy (non-hydrogen) atoms. The molecule has 0 bridgehead atoms. The van der Waals surface area contributed by atoms with Gasteiger partial charge in [-0.05, 0) is 67.8 Å². The zero-order chi connectivity index (χ0) is 11.6. The standard InChI is InChI=1S/C9H9I3O3/c10-7-4(1-13)8(11)6(3-15)9(12)5(7)2-14/h13-15H,1-3H2. The maximum absolute atomic E-state index is 9.25. The third-order valence-corrected chi connectivity index (χ3v) is 5.97. The van der Waals surface area contributed by atoms with Crippen LogP contribution in [0.4, 0.5) is 0 Å². The molecular weight excluding hydrogens is 537 g/mol. The average Bonchev–Trinajstić information content (AvgIpc) is 2.19. The van der Waals surface area contributed by atoms with Crippen LogP contribution in [-0.2, 0) is 19.8 Å². The van der Waals surface area contributed by atoms with E-state index in [1.165, 1.54) is 0 Å². The summed E-state index contributed by atoms with van der Waals surface area (Å²) in [5.74, 6) is 0. The Bertz CT molecular complexity index is 301. The van der Waals surface area contributed by atoms with Crippen LogP contribution in [0.15, 0.2) is 0 Å². The predicted molar refractivity (Wildman–Crippen MR) is 82.4 cm³/mol. The Kier molecular flexibility index (Phi) is 6.01. The molecule has 0 fully saturated rings. The SMILES string of the molecule is OCc1c(I)c(CO)c(I)c(CO)c1I. The second-order valence-corrected chi connectivity index (χ2v) is 6.09. The van der Waals surface area contributed by atoms with Crippen molar-refractivity contribution in [3.8, 4) is 0 Å². The monoisotopic (exact) mass is 546 g/mol. The molecule has 0 aliphatic heterocycles. The Morgan fingerprint density at radius 3 is 0.933 bits per heavy atom. The lowest BCUT2D eigenvalue weighted by Crippen LogP contribution is -2.08. The van der Waals surface area contributed by atoms with E-state index in [0.29, 0.717) is 0 Å². The molecular formula is C9H9I3O3. The number of hydrogen-bond acceptors (Lipinski definition) is 3. The Balaban J connectivity index is 3.57. The normalized spacial score (nSPS) is 10.8. The first-order valence-electron chi connectivity index (χ1n) is 4.08. The summed E-state index contributed by atoms with van der Waals surface area (Å²) in [5.41, 5.74) is 2.35. The van der Waals surface area contributed by atoms with Gasteiger partial charge in [-0.3, -0.25) is 0 Å². The highest BCUT2D eigenvalue weighted by Gasteiger charge is 2.18. The van der Waals surface area contributed by atoms with E-state index in [4.69, 9.17) is 0 Å². The van der Waals surface area contributed by atoms with Gasteiger partial charge in [0.15, 0.2) is 0 Å². The van der Waals surface area contributed by atoms with Crippen LogP contribution >= 0.6 is 67.8 Å². The van der Waals surface area contributed by atoms with Gasteiger partial charge in [0.1, 0.15) is 0 Å². The molecule has 1 aromatic carbocycles. The molecule has 0 aliphatic rings. The number of hydrogen-bond donors (Lipinski definition) is 3. The van der Waals surface area contributed by atoms with Crippen LogP contribution in [-0.4, -0.2) is 15.3 Å². The number of halogens is 3. The van der Waals surface area contributed by atoms with Gasteiger partial charge in [0, 0.05) is 27.4 Å². The van der Waals surface area contributed by atoms with Gasteiger partial charge >= 0.3 is 0 Å². The number of benzene rings is 1. The van der Waals surface area contributed by atoms with Gasteiger partial charge in [0.25, 0.3) is 0 Å². The molecule has 0 atom stereocenters. The van der Waals surface area contributed by atoms with E-state index in [1.54, 1.807) is 0 Å². The number of aliphatic hydroxyl groups excluding tert-OH is 3. The highest BCUT2D eigenvalue weighted by Crippen LogP contribution is 2.32. The maximum Gasteiger partial charge on any atom is 0.0702 e. The van der Waals surface area contributed by atoms with Gasteiger partial charge in [-0.15, -0.1) is 0 Å². The van der Waals surface area contributed by atoms with Crippen molar-refractivity contribution < 1.29 is 15.3 Å². The summed E-state index contributed by atoms with van der Waals surface area (Å²) >= 11 is 6.34. The second-order valence-electron chi connectivity index (χ2n) is 2.85. The third kappa shape index (κ3) is 2.76. The Hall–Kier alpha value is 1.29. The molecule has 3 nitrogen and oxygen atoms in total. The second kappa shape index (κ2) is 6.28. The summed E-state index contributed by atoms with van der Waals surface area (Å²) in [6, 6.07) is 0. The molecule has 0 heterocycles. The van der Waals surface area contributed by atoms with E-state index in [1.807, 2.05) is 0 Å². The van der Waals surface area contributed by atoms with Crippen LogP contribution in [0.2, 0.25) is 0 Å².